The molecular weight excluding hydrogens is 327 g/mol. The molecule has 0 heterocycles. The van der Waals surface area contributed by atoms with Gasteiger partial charge in [-0.1, -0.05) is 0 Å². The Morgan fingerprint density at radius 3 is 2.35 bits per heavy atom. The number of carbonyl (C=O) groups is 1. The van der Waals surface area contributed by atoms with Crippen LogP contribution in [0, 0.1) is 5.82 Å². The SMILES string of the molecule is COc1ccc(C(=O)c2ccc(F)cc2Br)cc1OC. The maximum atomic E-state index is 13.1. The van der Waals surface area contributed by atoms with Gasteiger partial charge in [0.15, 0.2) is 17.3 Å². The predicted molar refractivity (Wildman–Crippen MR) is 77.1 cm³/mol. The minimum absolute atomic E-state index is 0.224. The molecule has 2 aromatic carbocycles. The van der Waals surface area contributed by atoms with Crippen LogP contribution in [0.3, 0.4) is 0 Å². The maximum Gasteiger partial charge on any atom is 0.194 e. The molecule has 0 aromatic heterocycles. The Morgan fingerprint density at radius 1 is 1.05 bits per heavy atom. The van der Waals surface area contributed by atoms with E-state index in [9.17, 15) is 9.18 Å². The van der Waals surface area contributed by atoms with Crippen LogP contribution < -0.4 is 9.47 Å². The molecule has 0 bridgehead atoms. The number of rotatable bonds is 4. The van der Waals surface area contributed by atoms with E-state index in [1.807, 2.05) is 0 Å². The van der Waals surface area contributed by atoms with E-state index in [1.165, 1.54) is 32.4 Å². The largest absolute Gasteiger partial charge is 0.493 e. The fraction of sp³-hybridized carbons (Fsp3) is 0.133. The van der Waals surface area contributed by atoms with Crippen molar-refractivity contribution in [2.75, 3.05) is 14.2 Å². The zero-order valence-corrected chi connectivity index (χ0v) is 12.5. The van der Waals surface area contributed by atoms with E-state index >= 15 is 0 Å². The molecular formula is C15H12BrFO3. The van der Waals surface area contributed by atoms with Crippen molar-refractivity contribution in [1.82, 2.24) is 0 Å². The lowest BCUT2D eigenvalue weighted by atomic mass is 10.0. The van der Waals surface area contributed by atoms with Crippen molar-refractivity contribution in [3.63, 3.8) is 0 Å². The van der Waals surface area contributed by atoms with Crippen molar-refractivity contribution < 1.29 is 18.7 Å². The van der Waals surface area contributed by atoms with Crippen molar-refractivity contribution >= 4 is 21.7 Å². The molecule has 0 saturated heterocycles. The van der Waals surface area contributed by atoms with Gasteiger partial charge in [-0.25, -0.2) is 4.39 Å². The van der Waals surface area contributed by atoms with Crippen LogP contribution in [0.5, 0.6) is 11.5 Å². The quantitative estimate of drug-likeness (QED) is 0.794. The molecule has 0 aliphatic rings. The molecule has 2 rings (SSSR count). The average Bonchev–Trinajstić information content (AvgIpc) is 2.45. The summed E-state index contributed by atoms with van der Waals surface area (Å²) in [6.45, 7) is 0. The molecule has 0 N–H and O–H groups in total. The Bertz CT molecular complexity index is 656. The Hall–Kier alpha value is -1.88. The number of carbonyl (C=O) groups excluding carboxylic acids is 1. The molecule has 0 saturated carbocycles. The highest BCUT2D eigenvalue weighted by Crippen LogP contribution is 2.29. The van der Waals surface area contributed by atoms with Gasteiger partial charge in [0, 0.05) is 15.6 Å². The lowest BCUT2D eigenvalue weighted by molar-refractivity contribution is 0.103. The number of hydrogen-bond acceptors (Lipinski definition) is 3. The number of methoxy groups -OCH3 is 2. The second-order valence-corrected chi connectivity index (χ2v) is 4.88. The van der Waals surface area contributed by atoms with Gasteiger partial charge in [-0.15, -0.1) is 0 Å². The summed E-state index contributed by atoms with van der Waals surface area (Å²) >= 11 is 3.19. The van der Waals surface area contributed by atoms with Gasteiger partial charge in [0.05, 0.1) is 14.2 Å². The summed E-state index contributed by atoms with van der Waals surface area (Å²) in [5.74, 6) is 0.386. The molecule has 5 heteroatoms. The van der Waals surface area contributed by atoms with E-state index < -0.39 is 5.82 Å². The summed E-state index contributed by atoms with van der Waals surface area (Å²) in [6, 6.07) is 8.84. The summed E-state index contributed by atoms with van der Waals surface area (Å²) in [7, 11) is 3.02. The van der Waals surface area contributed by atoms with E-state index in [4.69, 9.17) is 9.47 Å². The molecule has 20 heavy (non-hydrogen) atoms. The van der Waals surface area contributed by atoms with E-state index in [0.29, 0.717) is 27.1 Å². The topological polar surface area (TPSA) is 35.5 Å². The third-order valence-corrected chi connectivity index (χ3v) is 3.48. The lowest BCUT2D eigenvalue weighted by Crippen LogP contribution is -2.03. The fourth-order valence-electron chi connectivity index (χ4n) is 1.81. The molecule has 0 amide bonds. The second-order valence-electron chi connectivity index (χ2n) is 4.02. The van der Waals surface area contributed by atoms with E-state index in [-0.39, 0.29) is 5.78 Å². The van der Waals surface area contributed by atoms with Crippen molar-refractivity contribution in [2.24, 2.45) is 0 Å². The Labute approximate surface area is 124 Å². The molecule has 3 nitrogen and oxygen atoms in total. The number of halogens is 2. The second kappa shape index (κ2) is 6.05. The first kappa shape index (κ1) is 14.5. The van der Waals surface area contributed by atoms with E-state index in [1.54, 1.807) is 18.2 Å². The Kier molecular flexibility index (Phi) is 4.39. The van der Waals surface area contributed by atoms with Crippen molar-refractivity contribution in [3.05, 3.63) is 57.8 Å². The van der Waals surface area contributed by atoms with E-state index in [0.717, 1.165) is 0 Å². The van der Waals surface area contributed by atoms with Crippen LogP contribution in [0.4, 0.5) is 4.39 Å². The summed E-state index contributed by atoms with van der Waals surface area (Å²) in [5.41, 5.74) is 0.827. The molecule has 0 radical (unpaired) electrons. The monoisotopic (exact) mass is 338 g/mol. The molecule has 2 aromatic rings. The lowest BCUT2D eigenvalue weighted by Gasteiger charge is -2.09. The maximum absolute atomic E-state index is 13.1. The van der Waals surface area contributed by atoms with Gasteiger partial charge >= 0.3 is 0 Å². The third-order valence-electron chi connectivity index (χ3n) is 2.82. The van der Waals surface area contributed by atoms with Crippen LogP contribution in [0.1, 0.15) is 15.9 Å². The van der Waals surface area contributed by atoms with Gasteiger partial charge in [0.1, 0.15) is 5.82 Å². The van der Waals surface area contributed by atoms with Crippen LogP contribution in [-0.2, 0) is 0 Å². The highest BCUT2D eigenvalue weighted by atomic mass is 79.9. The highest BCUT2D eigenvalue weighted by molar-refractivity contribution is 9.10. The van der Waals surface area contributed by atoms with Crippen molar-refractivity contribution in [3.8, 4) is 11.5 Å². The molecule has 0 fully saturated rings. The average molecular weight is 339 g/mol. The van der Waals surface area contributed by atoms with Crippen LogP contribution in [0.2, 0.25) is 0 Å². The first-order chi connectivity index (χ1) is 9.56. The van der Waals surface area contributed by atoms with Gasteiger partial charge in [-0.05, 0) is 52.3 Å². The zero-order valence-electron chi connectivity index (χ0n) is 10.9. The highest BCUT2D eigenvalue weighted by Gasteiger charge is 2.15. The van der Waals surface area contributed by atoms with Crippen molar-refractivity contribution in [2.45, 2.75) is 0 Å². The van der Waals surface area contributed by atoms with Crippen LogP contribution in [0.25, 0.3) is 0 Å². The summed E-state index contributed by atoms with van der Waals surface area (Å²) in [5, 5.41) is 0. The van der Waals surface area contributed by atoms with Crippen molar-refractivity contribution in [1.29, 1.82) is 0 Å². The molecule has 0 atom stereocenters. The summed E-state index contributed by atoms with van der Waals surface area (Å²) in [6.07, 6.45) is 0. The number of ether oxygens (including phenoxy) is 2. The van der Waals surface area contributed by atoms with Gasteiger partial charge in [-0.2, -0.15) is 0 Å². The summed E-state index contributed by atoms with van der Waals surface area (Å²) in [4.78, 5) is 12.4. The molecule has 0 unspecified atom stereocenters. The number of benzene rings is 2. The van der Waals surface area contributed by atoms with Crippen LogP contribution in [0.15, 0.2) is 40.9 Å². The number of ketones is 1. The smallest absolute Gasteiger partial charge is 0.194 e. The first-order valence-electron chi connectivity index (χ1n) is 5.78. The minimum Gasteiger partial charge on any atom is -0.493 e. The van der Waals surface area contributed by atoms with Gasteiger partial charge in [0.2, 0.25) is 0 Å². The zero-order chi connectivity index (χ0) is 14.7. The predicted octanol–water partition coefficient (Wildman–Crippen LogP) is 3.84. The standard InChI is InChI=1S/C15H12BrFO3/c1-19-13-6-3-9(7-14(13)20-2)15(18)11-5-4-10(17)8-12(11)16/h3-8H,1-2H3. The normalized spacial score (nSPS) is 10.2. The molecule has 0 aliphatic heterocycles. The third kappa shape index (κ3) is 2.82. The van der Waals surface area contributed by atoms with Gasteiger partial charge < -0.3 is 9.47 Å². The molecule has 0 spiro atoms. The van der Waals surface area contributed by atoms with Gasteiger partial charge in [-0.3, -0.25) is 4.79 Å². The Morgan fingerprint density at radius 2 is 1.75 bits per heavy atom. The van der Waals surface area contributed by atoms with Crippen LogP contribution in [-0.4, -0.2) is 20.0 Å². The Balaban J connectivity index is 2.43. The first-order valence-corrected chi connectivity index (χ1v) is 6.58. The number of hydrogen-bond donors (Lipinski definition) is 0. The molecule has 104 valence electrons. The van der Waals surface area contributed by atoms with E-state index in [2.05, 4.69) is 15.9 Å². The molecule has 0 aliphatic carbocycles. The summed E-state index contributed by atoms with van der Waals surface area (Å²) < 4.78 is 23.8. The van der Waals surface area contributed by atoms with Gasteiger partial charge in [0.25, 0.3) is 0 Å². The van der Waals surface area contributed by atoms with Crippen LogP contribution >= 0.6 is 15.9 Å². The minimum atomic E-state index is -0.402. The fourth-order valence-corrected chi connectivity index (χ4v) is 2.34.